The summed E-state index contributed by atoms with van der Waals surface area (Å²) in [5.74, 6) is -4.51. The smallest absolute Gasteiger partial charge is 0.455 e. The molecule has 0 spiro atoms. The van der Waals surface area contributed by atoms with Gasteiger partial charge in [-0.15, -0.1) is 0 Å². The van der Waals surface area contributed by atoms with E-state index in [1.807, 2.05) is 19.9 Å². The topological polar surface area (TPSA) is 87.1 Å². The fourth-order valence-electron chi connectivity index (χ4n) is 7.38. The van der Waals surface area contributed by atoms with Gasteiger partial charge in [0.2, 0.25) is 11.8 Å². The van der Waals surface area contributed by atoms with Gasteiger partial charge >= 0.3 is 19.5 Å². The number of aromatic hydroxyl groups is 1. The molecule has 0 aromatic heterocycles. The summed E-state index contributed by atoms with van der Waals surface area (Å²) in [4.78, 5) is 28.2. The van der Waals surface area contributed by atoms with Crippen molar-refractivity contribution in [3.05, 3.63) is 74.8 Å². The third-order valence-corrected chi connectivity index (χ3v) is 9.66. The molecule has 2 amide bonds. The number of phenolic OH excluding ortho intramolecular Hbond substituents is 1. The maximum Gasteiger partial charge on any atom is 0.455 e. The predicted molar refractivity (Wildman–Crippen MR) is 169 cm³/mol. The molecule has 2 saturated heterocycles. The Morgan fingerprint density at radius 1 is 0.979 bits per heavy atom. The van der Waals surface area contributed by atoms with Crippen LogP contribution in [0.2, 0.25) is 11.3 Å². The molecule has 6 nitrogen and oxygen atoms in total. The van der Waals surface area contributed by atoms with E-state index in [4.69, 9.17) is 16.3 Å². The first kappa shape index (κ1) is 36.0. The third kappa shape index (κ3) is 7.33. The number of hydrogen-bond acceptors (Lipinski definition) is 5. The lowest BCUT2D eigenvalue weighted by molar-refractivity contribution is -0.143. The molecule has 5 rings (SSSR count). The van der Waals surface area contributed by atoms with E-state index in [1.165, 1.54) is 12.1 Å². The monoisotopic (exact) mass is 697 g/mol. The molecule has 2 aromatic rings. The largest absolute Gasteiger partial charge is 0.508 e. The van der Waals surface area contributed by atoms with Crippen LogP contribution in [-0.2, 0) is 26.6 Å². The van der Waals surface area contributed by atoms with E-state index in [0.717, 1.165) is 29.6 Å². The van der Waals surface area contributed by atoms with Crippen molar-refractivity contribution >= 4 is 42.3 Å². The van der Waals surface area contributed by atoms with Crippen LogP contribution in [0.15, 0.2) is 53.1 Å². The average molecular weight is 698 g/mol. The van der Waals surface area contributed by atoms with Gasteiger partial charge in [0.15, 0.2) is 0 Å². The number of nitrogens with zero attached hydrogens (tertiary/aromatic N) is 1. The lowest BCUT2D eigenvalue weighted by Crippen LogP contribution is -2.46. The normalized spacial score (nSPS) is 23.6. The Kier molecular flexibility index (Phi) is 10.4. The second kappa shape index (κ2) is 13.9. The number of amides is 2. The minimum atomic E-state index is -5.16. The number of phenols is 1. The highest BCUT2D eigenvalue weighted by Gasteiger charge is 2.58. The summed E-state index contributed by atoms with van der Waals surface area (Å²) in [5, 5.41) is 21.0. The van der Waals surface area contributed by atoms with Crippen LogP contribution in [0.4, 0.5) is 32.0 Å². The second-order valence-corrected chi connectivity index (χ2v) is 13.0. The number of hydrogen-bond donors (Lipinski definition) is 2. The van der Waals surface area contributed by atoms with E-state index < -0.39 is 72.0 Å². The van der Waals surface area contributed by atoms with Crippen molar-refractivity contribution in [1.82, 2.24) is 0 Å². The molecule has 0 radical (unpaired) electrons. The van der Waals surface area contributed by atoms with E-state index in [1.54, 1.807) is 6.07 Å². The van der Waals surface area contributed by atoms with Crippen LogP contribution in [-0.4, -0.2) is 35.2 Å². The van der Waals surface area contributed by atoms with Crippen molar-refractivity contribution in [2.75, 3.05) is 4.90 Å². The van der Waals surface area contributed by atoms with Crippen LogP contribution < -0.4 is 4.90 Å². The zero-order chi connectivity index (χ0) is 35.1. The summed E-state index contributed by atoms with van der Waals surface area (Å²) in [6, 6.07) is 5.41. The van der Waals surface area contributed by atoms with Gasteiger partial charge in [-0.3, -0.25) is 9.59 Å². The summed E-state index contributed by atoms with van der Waals surface area (Å²) < 4.78 is 88.0. The zero-order valence-corrected chi connectivity index (χ0v) is 27.1. The Labute approximate surface area is 279 Å². The predicted octanol–water partition coefficient (Wildman–Crippen LogP) is 8.85. The van der Waals surface area contributed by atoms with E-state index in [9.17, 15) is 46.1 Å². The molecule has 0 saturated carbocycles. The van der Waals surface area contributed by atoms with Crippen LogP contribution >= 0.6 is 11.6 Å². The van der Waals surface area contributed by atoms with Gasteiger partial charge in [-0.2, -0.15) is 26.3 Å². The minimum Gasteiger partial charge on any atom is -0.508 e. The first-order chi connectivity index (χ1) is 22.5. The Bertz CT molecular complexity index is 1610. The van der Waals surface area contributed by atoms with Gasteiger partial charge in [0.25, 0.3) is 0 Å². The fourth-order valence-corrected chi connectivity index (χ4v) is 7.61. The molecule has 2 fully saturated rings. The Hall–Kier alpha value is -3.29. The van der Waals surface area contributed by atoms with Crippen molar-refractivity contribution < 1.29 is 50.7 Å². The molecule has 3 aliphatic rings. The Balaban J connectivity index is 1.49. The average Bonchev–Trinajstić information content (AvgIpc) is 3.25. The van der Waals surface area contributed by atoms with Gasteiger partial charge in [-0.05, 0) is 91.9 Å². The van der Waals surface area contributed by atoms with Crippen molar-refractivity contribution in [2.45, 2.75) is 83.6 Å². The molecule has 14 heteroatoms. The molecule has 2 aliphatic heterocycles. The summed E-state index contributed by atoms with van der Waals surface area (Å²) >= 11 is 6.34. The van der Waals surface area contributed by atoms with Crippen molar-refractivity contribution in [3.8, 4) is 5.75 Å². The number of imide groups is 1. The summed E-state index contributed by atoms with van der Waals surface area (Å²) in [7, 11) is -1.31. The summed E-state index contributed by atoms with van der Waals surface area (Å²) in [5.41, 5.74) is -0.674. The number of fused-ring (bicyclic) bond motifs is 3. The van der Waals surface area contributed by atoms with Crippen molar-refractivity contribution in [1.29, 1.82) is 0 Å². The zero-order valence-electron chi connectivity index (χ0n) is 26.3. The number of carbonyl (C=O) groups excluding carboxylic acids is 2. The van der Waals surface area contributed by atoms with E-state index in [2.05, 4.69) is 0 Å². The van der Waals surface area contributed by atoms with Crippen LogP contribution in [0.25, 0.3) is 6.08 Å². The molecule has 258 valence electrons. The molecule has 0 unspecified atom stereocenters. The van der Waals surface area contributed by atoms with Crippen LogP contribution in [0.5, 0.6) is 5.75 Å². The minimum absolute atomic E-state index is 0.0307. The molecule has 2 N–H and O–H groups in total. The van der Waals surface area contributed by atoms with Crippen molar-refractivity contribution in [3.63, 3.8) is 0 Å². The molecule has 2 aromatic carbocycles. The van der Waals surface area contributed by atoms with Gasteiger partial charge in [-0.25, -0.2) is 4.90 Å². The third-order valence-electron chi connectivity index (χ3n) is 9.33. The highest BCUT2D eigenvalue weighted by atomic mass is 35.5. The van der Waals surface area contributed by atoms with Crippen molar-refractivity contribution in [2.24, 2.45) is 17.8 Å². The number of alkyl halides is 6. The summed E-state index contributed by atoms with van der Waals surface area (Å²) in [6.45, 7) is 3.95. The maximum absolute atomic E-state index is 14.0. The second-order valence-electron chi connectivity index (χ2n) is 12.6. The highest BCUT2D eigenvalue weighted by molar-refractivity contribution is 6.43. The van der Waals surface area contributed by atoms with E-state index >= 15 is 0 Å². The SMILES string of the molecule is CCCC1=C2[C@@H](CC/C(=C/c3ccc(O)cc3Cl)CCC)OB(O)C[C@@H]2[C@@H]2C(=O)N(c3cc(C(F)(F)F)cc(C(F)(F)F)c3)C(=O)[C@@H]2C1. The van der Waals surface area contributed by atoms with Gasteiger partial charge < -0.3 is 14.8 Å². The van der Waals surface area contributed by atoms with Gasteiger partial charge in [0, 0.05) is 0 Å². The summed E-state index contributed by atoms with van der Waals surface area (Å²) in [6.07, 6.45) is -5.29. The maximum atomic E-state index is 14.0. The molecule has 4 atom stereocenters. The van der Waals surface area contributed by atoms with Gasteiger partial charge in [0.1, 0.15) is 5.75 Å². The van der Waals surface area contributed by atoms with E-state index in [-0.39, 0.29) is 24.6 Å². The Morgan fingerprint density at radius 3 is 2.23 bits per heavy atom. The number of rotatable bonds is 9. The molecule has 48 heavy (non-hydrogen) atoms. The molecule has 1 aliphatic carbocycles. The van der Waals surface area contributed by atoms with Crippen LogP contribution in [0.1, 0.15) is 75.5 Å². The van der Waals surface area contributed by atoms with E-state index in [0.29, 0.717) is 53.3 Å². The lowest BCUT2D eigenvalue weighted by atomic mass is 9.58. The quantitative estimate of drug-likeness (QED) is 0.118. The van der Waals surface area contributed by atoms with Crippen LogP contribution in [0, 0.1) is 17.8 Å². The molecular weight excluding hydrogens is 663 g/mol. The highest BCUT2D eigenvalue weighted by Crippen LogP contribution is 2.52. The number of carbonyl (C=O) groups is 2. The first-order valence-electron chi connectivity index (χ1n) is 15.9. The number of benzene rings is 2. The molecule has 2 heterocycles. The first-order valence-corrected chi connectivity index (χ1v) is 16.3. The number of halogens is 7. The standard InChI is InChI=1S/C34H35BClF6NO5/c1-3-5-18(11-19-8-9-24(44)16-27(19)36)7-10-28-29-20(6-4-2)12-25-30(26(29)17-35(47)48-28)32(46)43(31(25)45)23-14-21(33(37,38)39)13-22(15-23)34(40,41)42/h8-9,11,13-16,25-26,28,30,44,47H,3-7,10,12,17H2,1-2H3/b18-11+/t25-,26+,28-,30-/m1/s1. The van der Waals surface area contributed by atoms with Gasteiger partial charge in [0.05, 0.1) is 39.8 Å². The molecular formula is C34H35BClF6NO5. The Morgan fingerprint density at radius 2 is 1.65 bits per heavy atom. The molecule has 0 bridgehead atoms. The van der Waals surface area contributed by atoms with Crippen LogP contribution in [0.3, 0.4) is 0 Å². The lowest BCUT2D eigenvalue weighted by Gasteiger charge is -2.43. The number of anilines is 1. The fraction of sp³-hybridized carbons (Fsp3) is 0.471. The number of allylic oxidation sites excluding steroid dienone is 2. The van der Waals surface area contributed by atoms with Gasteiger partial charge in [-0.1, -0.05) is 55.5 Å².